The molecule has 1 N–H and O–H groups in total. The van der Waals surface area contributed by atoms with Crippen LogP contribution in [-0.2, 0) is 6.42 Å². The quantitative estimate of drug-likeness (QED) is 0.404. The number of phenols is 1. The molecule has 1 rings (SSSR count). The second-order valence-electron chi connectivity index (χ2n) is 7.29. The SMILES string of the molecule is CC(C)=CCC/C(C)=C/CC/C(C)=C/Cc1c([O-])c(Cl)c(C)c(C=O)c1O. The molecule has 0 amide bonds. The van der Waals surface area contributed by atoms with Gasteiger partial charge in [-0.25, -0.2) is 0 Å². The number of aldehydes is 1. The van der Waals surface area contributed by atoms with Crippen molar-refractivity contribution in [1.29, 1.82) is 0 Å². The van der Waals surface area contributed by atoms with Crippen LogP contribution in [0.4, 0.5) is 0 Å². The Morgan fingerprint density at radius 3 is 2.15 bits per heavy atom. The molecule has 148 valence electrons. The van der Waals surface area contributed by atoms with E-state index in [1.54, 1.807) is 6.92 Å². The number of rotatable bonds is 9. The number of phenolic OH excluding ortho intramolecular Hbond substituents is 1. The highest BCUT2D eigenvalue weighted by Gasteiger charge is 2.14. The number of carbonyl (C=O) groups is 1. The third-order valence-electron chi connectivity index (χ3n) is 4.64. The predicted molar refractivity (Wildman–Crippen MR) is 112 cm³/mol. The van der Waals surface area contributed by atoms with E-state index in [-0.39, 0.29) is 28.3 Å². The summed E-state index contributed by atoms with van der Waals surface area (Å²) in [5.41, 5.74) is 4.45. The summed E-state index contributed by atoms with van der Waals surface area (Å²) >= 11 is 6.02. The van der Waals surface area contributed by atoms with Crippen molar-refractivity contribution in [2.24, 2.45) is 0 Å². The fourth-order valence-electron chi connectivity index (χ4n) is 2.82. The summed E-state index contributed by atoms with van der Waals surface area (Å²) < 4.78 is 0. The minimum atomic E-state index is -0.406. The average Bonchev–Trinajstić information content (AvgIpc) is 2.60. The van der Waals surface area contributed by atoms with E-state index in [9.17, 15) is 15.0 Å². The summed E-state index contributed by atoms with van der Waals surface area (Å²) in [6.45, 7) is 9.93. The molecule has 3 nitrogen and oxygen atoms in total. The molecule has 0 atom stereocenters. The second kappa shape index (κ2) is 11.0. The van der Waals surface area contributed by atoms with E-state index in [4.69, 9.17) is 11.6 Å². The summed E-state index contributed by atoms with van der Waals surface area (Å²) in [6.07, 6.45) is 11.2. The third kappa shape index (κ3) is 6.91. The summed E-state index contributed by atoms with van der Waals surface area (Å²) in [7, 11) is 0. The van der Waals surface area contributed by atoms with Gasteiger partial charge in [-0.2, -0.15) is 0 Å². The molecule has 4 heteroatoms. The van der Waals surface area contributed by atoms with Crippen LogP contribution in [0.3, 0.4) is 0 Å². The smallest absolute Gasteiger partial charge is 0.154 e. The van der Waals surface area contributed by atoms with Crippen molar-refractivity contribution < 1.29 is 15.0 Å². The Bertz CT molecular complexity index is 767. The van der Waals surface area contributed by atoms with Crippen molar-refractivity contribution in [3.63, 3.8) is 0 Å². The van der Waals surface area contributed by atoms with Gasteiger partial charge in [0.15, 0.2) is 6.29 Å². The van der Waals surface area contributed by atoms with Gasteiger partial charge in [-0.05, 0) is 77.8 Å². The molecular weight excluding hydrogens is 360 g/mol. The molecule has 0 radical (unpaired) electrons. The van der Waals surface area contributed by atoms with E-state index in [1.165, 1.54) is 11.1 Å². The number of hydrogen-bond donors (Lipinski definition) is 1. The first-order chi connectivity index (χ1) is 12.7. The molecule has 1 aromatic rings. The van der Waals surface area contributed by atoms with Crippen molar-refractivity contribution >= 4 is 17.9 Å². The summed E-state index contributed by atoms with van der Waals surface area (Å²) in [6, 6.07) is 0. The number of benzene rings is 1. The van der Waals surface area contributed by atoms with Gasteiger partial charge in [-0.3, -0.25) is 4.79 Å². The third-order valence-corrected chi connectivity index (χ3v) is 5.10. The summed E-state index contributed by atoms with van der Waals surface area (Å²) in [5, 5.41) is 22.5. The fraction of sp³-hybridized carbons (Fsp3) is 0.435. The molecule has 0 heterocycles. The van der Waals surface area contributed by atoms with Crippen molar-refractivity contribution in [3.8, 4) is 11.5 Å². The predicted octanol–water partition coefficient (Wildman–Crippen LogP) is 6.20. The van der Waals surface area contributed by atoms with Gasteiger partial charge in [0.2, 0.25) is 0 Å². The number of hydrogen-bond acceptors (Lipinski definition) is 3. The Morgan fingerprint density at radius 2 is 1.59 bits per heavy atom. The summed E-state index contributed by atoms with van der Waals surface area (Å²) in [5.74, 6) is -0.660. The van der Waals surface area contributed by atoms with Crippen LogP contribution >= 0.6 is 11.6 Å². The van der Waals surface area contributed by atoms with Gasteiger partial charge < -0.3 is 10.2 Å². The molecule has 0 aliphatic rings. The zero-order valence-corrected chi connectivity index (χ0v) is 17.7. The first kappa shape index (κ1) is 23.0. The van der Waals surface area contributed by atoms with Crippen LogP contribution in [0.2, 0.25) is 5.02 Å². The minimum absolute atomic E-state index is 0.00544. The maximum atomic E-state index is 12.3. The van der Waals surface area contributed by atoms with Gasteiger partial charge in [0, 0.05) is 5.02 Å². The van der Waals surface area contributed by atoms with Crippen molar-refractivity contribution in [2.75, 3.05) is 0 Å². The highest BCUT2D eigenvalue weighted by atomic mass is 35.5. The summed E-state index contributed by atoms with van der Waals surface area (Å²) in [4.78, 5) is 11.2. The van der Waals surface area contributed by atoms with Crippen molar-refractivity contribution in [3.05, 3.63) is 56.7 Å². The topological polar surface area (TPSA) is 60.4 Å². The zero-order chi connectivity index (χ0) is 20.6. The fourth-order valence-corrected chi connectivity index (χ4v) is 3.03. The Kier molecular flexibility index (Phi) is 9.37. The molecule has 0 saturated carbocycles. The second-order valence-corrected chi connectivity index (χ2v) is 7.67. The van der Waals surface area contributed by atoms with E-state index < -0.39 is 5.75 Å². The molecule has 0 fully saturated rings. The molecule has 0 spiro atoms. The van der Waals surface area contributed by atoms with Crippen LogP contribution in [-0.4, -0.2) is 11.4 Å². The molecule has 0 aliphatic heterocycles. The van der Waals surface area contributed by atoms with E-state index in [2.05, 4.69) is 32.9 Å². The molecule has 0 saturated heterocycles. The number of allylic oxidation sites excluding steroid dienone is 6. The molecule has 0 unspecified atom stereocenters. The van der Waals surface area contributed by atoms with Crippen molar-refractivity contribution in [1.82, 2.24) is 0 Å². The van der Waals surface area contributed by atoms with Gasteiger partial charge in [-0.15, -0.1) is 0 Å². The first-order valence-electron chi connectivity index (χ1n) is 9.29. The molecule has 0 aromatic heterocycles. The normalized spacial score (nSPS) is 12.2. The molecule has 0 bridgehead atoms. The average molecular weight is 390 g/mol. The van der Waals surface area contributed by atoms with E-state index in [0.717, 1.165) is 31.3 Å². The molecule has 1 aromatic carbocycles. The van der Waals surface area contributed by atoms with Crippen LogP contribution in [0.25, 0.3) is 0 Å². The maximum Gasteiger partial charge on any atom is 0.154 e. The lowest BCUT2D eigenvalue weighted by Gasteiger charge is -2.20. The Labute approximate surface area is 168 Å². The highest BCUT2D eigenvalue weighted by molar-refractivity contribution is 6.33. The monoisotopic (exact) mass is 389 g/mol. The van der Waals surface area contributed by atoms with Gasteiger partial charge in [0.05, 0.1) is 5.56 Å². The molecular formula is C23H30ClO3-. The van der Waals surface area contributed by atoms with Crippen LogP contribution in [0.5, 0.6) is 11.5 Å². The highest BCUT2D eigenvalue weighted by Crippen LogP contribution is 2.38. The standard InChI is InChI=1S/C23H31ClO3/c1-15(2)8-6-9-16(3)10-7-11-17(4)12-13-19-22(26)20(14-25)18(5)21(24)23(19)27/h8,10,12,14,26-27H,6-7,9,11,13H2,1-5H3/p-1/b16-10+,17-12+. The molecule has 0 aliphatic carbocycles. The van der Waals surface area contributed by atoms with Crippen LogP contribution in [0.1, 0.15) is 74.9 Å². The Morgan fingerprint density at radius 1 is 1.04 bits per heavy atom. The Hall–Kier alpha value is -2.00. The van der Waals surface area contributed by atoms with Crippen LogP contribution in [0.15, 0.2) is 34.9 Å². The zero-order valence-electron chi connectivity index (χ0n) is 17.0. The van der Waals surface area contributed by atoms with Crippen LogP contribution in [0, 0.1) is 6.92 Å². The lowest BCUT2D eigenvalue weighted by atomic mass is 9.99. The van der Waals surface area contributed by atoms with E-state index in [0.29, 0.717) is 11.8 Å². The van der Waals surface area contributed by atoms with Gasteiger partial charge in [-0.1, -0.05) is 52.3 Å². The van der Waals surface area contributed by atoms with Gasteiger partial charge >= 0.3 is 0 Å². The number of halogens is 1. The molecule has 27 heavy (non-hydrogen) atoms. The lowest BCUT2D eigenvalue weighted by Crippen LogP contribution is -2.03. The van der Waals surface area contributed by atoms with Crippen molar-refractivity contribution in [2.45, 2.75) is 66.7 Å². The van der Waals surface area contributed by atoms with Crippen LogP contribution < -0.4 is 5.11 Å². The minimum Gasteiger partial charge on any atom is -0.871 e. The largest absolute Gasteiger partial charge is 0.871 e. The number of carbonyl (C=O) groups excluding carboxylic acids is 1. The number of aromatic hydroxyl groups is 1. The van der Waals surface area contributed by atoms with Gasteiger partial charge in [0.1, 0.15) is 5.75 Å². The first-order valence-corrected chi connectivity index (χ1v) is 9.67. The Balaban J connectivity index is 2.74. The van der Waals surface area contributed by atoms with Gasteiger partial charge in [0.25, 0.3) is 0 Å². The maximum absolute atomic E-state index is 12.3. The van der Waals surface area contributed by atoms with E-state index >= 15 is 0 Å². The van der Waals surface area contributed by atoms with E-state index in [1.807, 2.05) is 13.0 Å². The lowest BCUT2D eigenvalue weighted by molar-refractivity contribution is -0.269.